The topological polar surface area (TPSA) is 54.0 Å². The summed E-state index contributed by atoms with van der Waals surface area (Å²) >= 11 is 1.52. The highest BCUT2D eigenvalue weighted by Crippen LogP contribution is 2.29. The number of carbonyl (C=O) groups is 1. The Bertz CT molecular complexity index is 456. The minimum Gasteiger partial charge on any atom is -0.347 e. The molecule has 1 fully saturated rings. The minimum absolute atomic E-state index is 0.000348. The van der Waals surface area contributed by atoms with Crippen molar-refractivity contribution in [2.45, 2.75) is 52.0 Å². The first-order valence-corrected chi connectivity index (χ1v) is 7.69. The Morgan fingerprint density at radius 1 is 1.47 bits per heavy atom. The standard InChI is InChI=1S/C14H23N3OS/c1-9-11(19-13(16-9)14(2,3)4)12(18)17-10-6-5-7-15-8-10/h10,15H,5-8H2,1-4H3,(H,17,18)/t10-/m0/s1. The summed E-state index contributed by atoms with van der Waals surface area (Å²) in [6.45, 7) is 10.2. The number of piperidine rings is 1. The number of carbonyl (C=O) groups excluding carboxylic acids is 1. The number of nitrogens with one attached hydrogen (secondary N) is 2. The van der Waals surface area contributed by atoms with Gasteiger partial charge in [-0.25, -0.2) is 4.98 Å². The van der Waals surface area contributed by atoms with Crippen LogP contribution in [0.15, 0.2) is 0 Å². The Labute approximate surface area is 119 Å². The molecule has 0 aromatic carbocycles. The van der Waals surface area contributed by atoms with Crippen LogP contribution in [0.25, 0.3) is 0 Å². The van der Waals surface area contributed by atoms with Crippen LogP contribution in [0.3, 0.4) is 0 Å². The van der Waals surface area contributed by atoms with E-state index in [4.69, 9.17) is 0 Å². The van der Waals surface area contributed by atoms with Crippen LogP contribution in [0, 0.1) is 6.92 Å². The summed E-state index contributed by atoms with van der Waals surface area (Å²) in [7, 11) is 0. The predicted molar refractivity (Wildman–Crippen MR) is 78.9 cm³/mol. The molecule has 2 rings (SSSR count). The van der Waals surface area contributed by atoms with Crippen molar-refractivity contribution in [1.29, 1.82) is 0 Å². The molecular weight excluding hydrogens is 258 g/mol. The molecule has 1 aliphatic heterocycles. The molecule has 4 nitrogen and oxygen atoms in total. The van der Waals surface area contributed by atoms with Gasteiger partial charge in [0.15, 0.2) is 0 Å². The molecule has 5 heteroatoms. The van der Waals surface area contributed by atoms with Crippen molar-refractivity contribution in [3.63, 3.8) is 0 Å². The zero-order chi connectivity index (χ0) is 14.0. The molecule has 19 heavy (non-hydrogen) atoms. The van der Waals surface area contributed by atoms with E-state index in [2.05, 4.69) is 36.4 Å². The van der Waals surface area contributed by atoms with E-state index in [1.54, 1.807) is 0 Å². The first-order chi connectivity index (χ1) is 8.88. The van der Waals surface area contributed by atoms with Crippen molar-refractivity contribution >= 4 is 17.2 Å². The molecule has 0 spiro atoms. The monoisotopic (exact) mass is 281 g/mol. The Balaban J connectivity index is 2.08. The molecule has 1 amide bonds. The van der Waals surface area contributed by atoms with Gasteiger partial charge in [-0.05, 0) is 26.3 Å². The summed E-state index contributed by atoms with van der Waals surface area (Å²) in [6.07, 6.45) is 2.18. The Morgan fingerprint density at radius 3 is 2.74 bits per heavy atom. The third kappa shape index (κ3) is 3.54. The van der Waals surface area contributed by atoms with Crippen LogP contribution < -0.4 is 10.6 Å². The van der Waals surface area contributed by atoms with Crippen molar-refractivity contribution in [1.82, 2.24) is 15.6 Å². The second-order valence-corrected chi connectivity index (χ2v) is 7.20. The lowest BCUT2D eigenvalue weighted by Crippen LogP contribution is -2.45. The van der Waals surface area contributed by atoms with E-state index < -0.39 is 0 Å². The second-order valence-electron chi connectivity index (χ2n) is 6.20. The molecular formula is C14H23N3OS. The van der Waals surface area contributed by atoms with Crippen LogP contribution in [0.4, 0.5) is 0 Å². The highest BCUT2D eigenvalue weighted by Gasteiger charge is 2.24. The van der Waals surface area contributed by atoms with Crippen molar-refractivity contribution < 1.29 is 4.79 Å². The van der Waals surface area contributed by atoms with Gasteiger partial charge in [-0.1, -0.05) is 20.8 Å². The fourth-order valence-electron chi connectivity index (χ4n) is 2.15. The average Bonchev–Trinajstić information content (AvgIpc) is 2.72. The number of hydrogen-bond acceptors (Lipinski definition) is 4. The number of hydrogen-bond donors (Lipinski definition) is 2. The van der Waals surface area contributed by atoms with Gasteiger partial charge in [0.1, 0.15) is 4.88 Å². The van der Waals surface area contributed by atoms with Crippen molar-refractivity contribution in [3.8, 4) is 0 Å². The zero-order valence-corrected chi connectivity index (χ0v) is 13.0. The molecule has 1 aromatic rings. The lowest BCUT2D eigenvalue weighted by molar-refractivity contribution is 0.0934. The Morgan fingerprint density at radius 2 is 2.21 bits per heavy atom. The smallest absolute Gasteiger partial charge is 0.263 e. The van der Waals surface area contributed by atoms with Crippen molar-refractivity contribution in [2.75, 3.05) is 13.1 Å². The van der Waals surface area contributed by atoms with Gasteiger partial charge >= 0.3 is 0 Å². The van der Waals surface area contributed by atoms with Crippen LogP contribution in [0.5, 0.6) is 0 Å². The summed E-state index contributed by atoms with van der Waals surface area (Å²) in [5.74, 6) is 0.0270. The van der Waals surface area contributed by atoms with Gasteiger partial charge in [0.2, 0.25) is 0 Å². The van der Waals surface area contributed by atoms with Gasteiger partial charge < -0.3 is 10.6 Å². The maximum Gasteiger partial charge on any atom is 0.263 e. The molecule has 2 N–H and O–H groups in total. The molecule has 2 heterocycles. The third-order valence-corrected chi connectivity index (χ3v) is 4.86. The summed E-state index contributed by atoms with van der Waals surface area (Å²) < 4.78 is 0. The average molecular weight is 281 g/mol. The number of aromatic nitrogens is 1. The number of aryl methyl sites for hydroxylation is 1. The molecule has 1 saturated heterocycles. The summed E-state index contributed by atoms with van der Waals surface area (Å²) in [5, 5.41) is 7.44. The molecule has 0 bridgehead atoms. The molecule has 106 valence electrons. The Hall–Kier alpha value is -0.940. The normalized spacial score (nSPS) is 20.3. The minimum atomic E-state index is 0.000348. The molecule has 0 saturated carbocycles. The fourth-order valence-corrected chi connectivity index (χ4v) is 3.18. The lowest BCUT2D eigenvalue weighted by atomic mass is 9.98. The van der Waals surface area contributed by atoms with Gasteiger partial charge in [-0.3, -0.25) is 4.79 Å². The Kier molecular flexibility index (Phi) is 4.26. The van der Waals surface area contributed by atoms with E-state index in [9.17, 15) is 4.79 Å². The summed E-state index contributed by atoms with van der Waals surface area (Å²) in [5.41, 5.74) is 0.844. The number of thiazole rings is 1. The molecule has 1 atom stereocenters. The van der Waals surface area contributed by atoms with Crippen LogP contribution in [-0.4, -0.2) is 30.0 Å². The first kappa shape index (κ1) is 14.5. The molecule has 1 aromatic heterocycles. The predicted octanol–water partition coefficient (Wildman–Crippen LogP) is 2.23. The van der Waals surface area contributed by atoms with Crippen LogP contribution in [0.2, 0.25) is 0 Å². The van der Waals surface area contributed by atoms with Gasteiger partial charge in [-0.15, -0.1) is 11.3 Å². The van der Waals surface area contributed by atoms with Crippen molar-refractivity contribution in [2.24, 2.45) is 0 Å². The molecule has 1 aliphatic rings. The van der Waals surface area contributed by atoms with Gasteiger partial charge in [0, 0.05) is 18.0 Å². The van der Waals surface area contributed by atoms with Gasteiger partial charge in [0.25, 0.3) is 5.91 Å². The quantitative estimate of drug-likeness (QED) is 0.874. The van der Waals surface area contributed by atoms with E-state index in [1.807, 2.05) is 6.92 Å². The number of amides is 1. The second kappa shape index (κ2) is 5.59. The summed E-state index contributed by atoms with van der Waals surface area (Å²) in [4.78, 5) is 17.6. The fraction of sp³-hybridized carbons (Fsp3) is 0.714. The first-order valence-electron chi connectivity index (χ1n) is 6.87. The molecule has 0 radical (unpaired) electrons. The molecule has 0 unspecified atom stereocenters. The van der Waals surface area contributed by atoms with Crippen LogP contribution >= 0.6 is 11.3 Å². The highest BCUT2D eigenvalue weighted by molar-refractivity contribution is 7.14. The lowest BCUT2D eigenvalue weighted by Gasteiger charge is -2.23. The van der Waals surface area contributed by atoms with E-state index in [0.717, 1.165) is 41.5 Å². The van der Waals surface area contributed by atoms with E-state index >= 15 is 0 Å². The highest BCUT2D eigenvalue weighted by atomic mass is 32.1. The molecule has 0 aliphatic carbocycles. The third-order valence-electron chi connectivity index (χ3n) is 3.28. The van der Waals surface area contributed by atoms with Crippen molar-refractivity contribution in [3.05, 3.63) is 15.6 Å². The number of rotatable bonds is 2. The van der Waals surface area contributed by atoms with Gasteiger partial charge in [0.05, 0.1) is 10.7 Å². The van der Waals surface area contributed by atoms with E-state index in [0.29, 0.717) is 0 Å². The SMILES string of the molecule is Cc1nc(C(C)(C)C)sc1C(=O)N[C@H]1CCCNC1. The largest absolute Gasteiger partial charge is 0.347 e. The van der Waals surface area contributed by atoms with E-state index in [-0.39, 0.29) is 17.4 Å². The van der Waals surface area contributed by atoms with E-state index in [1.165, 1.54) is 11.3 Å². The maximum absolute atomic E-state index is 12.3. The number of nitrogens with zero attached hydrogens (tertiary/aromatic N) is 1. The van der Waals surface area contributed by atoms with Crippen LogP contribution in [-0.2, 0) is 5.41 Å². The zero-order valence-electron chi connectivity index (χ0n) is 12.2. The van der Waals surface area contributed by atoms with Crippen LogP contribution in [0.1, 0.15) is 54.0 Å². The van der Waals surface area contributed by atoms with Gasteiger partial charge in [-0.2, -0.15) is 0 Å². The maximum atomic E-state index is 12.3. The summed E-state index contributed by atoms with van der Waals surface area (Å²) in [6, 6.07) is 0.251.